The molecule has 2 heterocycles. The average molecular weight is 496 g/mol. The zero-order valence-electron chi connectivity index (χ0n) is 16.6. The number of carbonyl (C=O) groups is 1. The van der Waals surface area contributed by atoms with E-state index in [1.165, 1.54) is 17.4 Å². The first-order valence-corrected chi connectivity index (χ1v) is 9.59. The summed E-state index contributed by atoms with van der Waals surface area (Å²) in [6, 6.07) is 12.0. The predicted molar refractivity (Wildman–Crippen MR) is 122 cm³/mol. The van der Waals surface area contributed by atoms with Crippen LogP contribution in [0.25, 0.3) is 0 Å². The molecule has 7 heteroatoms. The van der Waals surface area contributed by atoms with Gasteiger partial charge in [0, 0.05) is 39.3 Å². The molecule has 28 heavy (non-hydrogen) atoms. The molecule has 3 rings (SSSR count). The van der Waals surface area contributed by atoms with E-state index in [0.29, 0.717) is 18.8 Å². The van der Waals surface area contributed by atoms with Crippen molar-refractivity contribution in [3.8, 4) is 0 Å². The van der Waals surface area contributed by atoms with Gasteiger partial charge in [-0.25, -0.2) is 0 Å². The molecule has 0 atom stereocenters. The molecule has 0 saturated carbocycles. The van der Waals surface area contributed by atoms with E-state index >= 15 is 0 Å². The zero-order chi connectivity index (χ0) is 19.1. The van der Waals surface area contributed by atoms with Crippen LogP contribution in [0.1, 0.15) is 28.6 Å². The van der Waals surface area contributed by atoms with E-state index in [1.807, 2.05) is 4.90 Å². The summed E-state index contributed by atoms with van der Waals surface area (Å²) < 4.78 is 5.22. The van der Waals surface area contributed by atoms with Gasteiger partial charge in [0.05, 0.1) is 6.26 Å². The van der Waals surface area contributed by atoms with Crippen LogP contribution in [0.2, 0.25) is 0 Å². The fourth-order valence-corrected chi connectivity index (χ4v) is 3.26. The van der Waals surface area contributed by atoms with Crippen molar-refractivity contribution in [3.63, 3.8) is 0 Å². The number of halogens is 1. The van der Waals surface area contributed by atoms with E-state index in [1.54, 1.807) is 12.1 Å². The number of hydrogen-bond donors (Lipinski definition) is 1. The Morgan fingerprint density at radius 1 is 1.14 bits per heavy atom. The molecule has 1 saturated heterocycles. The van der Waals surface area contributed by atoms with Gasteiger partial charge < -0.3 is 19.5 Å². The van der Waals surface area contributed by atoms with Gasteiger partial charge in [0.15, 0.2) is 11.7 Å². The smallest absolute Gasteiger partial charge is 0.289 e. The standard InChI is InChI=1S/C21H28N4O2.HI/c1-3-22-21(23-10-9-18-7-4-6-17(2)16-18)25-13-11-24(12-14-25)20(26)19-8-5-15-27-19;/h4-8,15-16H,3,9-14H2,1-2H3,(H,22,23);1H. The van der Waals surface area contributed by atoms with E-state index in [2.05, 4.69) is 48.3 Å². The lowest BCUT2D eigenvalue weighted by Crippen LogP contribution is -2.53. The van der Waals surface area contributed by atoms with Crippen LogP contribution in [0.4, 0.5) is 0 Å². The summed E-state index contributed by atoms with van der Waals surface area (Å²) in [6.07, 6.45) is 2.46. The van der Waals surface area contributed by atoms with Crippen LogP contribution in [0, 0.1) is 6.92 Å². The summed E-state index contributed by atoms with van der Waals surface area (Å²) in [6.45, 7) is 8.63. The average Bonchev–Trinajstić information content (AvgIpc) is 3.22. The SMILES string of the molecule is CCNC(=NCCc1cccc(C)c1)N1CCN(C(=O)c2ccco2)CC1.I. The van der Waals surface area contributed by atoms with Crippen LogP contribution in [0.3, 0.4) is 0 Å². The van der Waals surface area contributed by atoms with Crippen LogP contribution in [-0.4, -0.2) is 60.9 Å². The van der Waals surface area contributed by atoms with Gasteiger partial charge in [-0.15, -0.1) is 24.0 Å². The Hall–Kier alpha value is -2.03. The van der Waals surface area contributed by atoms with Crippen molar-refractivity contribution in [1.29, 1.82) is 0 Å². The molecule has 0 aliphatic carbocycles. The molecule has 0 radical (unpaired) electrons. The maximum atomic E-state index is 12.4. The molecule has 1 fully saturated rings. The number of amides is 1. The number of benzene rings is 1. The van der Waals surface area contributed by atoms with Crippen molar-refractivity contribution < 1.29 is 9.21 Å². The van der Waals surface area contributed by atoms with Gasteiger partial charge in [-0.1, -0.05) is 29.8 Å². The summed E-state index contributed by atoms with van der Waals surface area (Å²) in [5.74, 6) is 1.29. The molecule has 2 aromatic rings. The Bertz CT molecular complexity index is 768. The first kappa shape index (κ1) is 22.3. The van der Waals surface area contributed by atoms with E-state index in [9.17, 15) is 4.79 Å². The number of nitrogens with one attached hydrogen (secondary N) is 1. The lowest BCUT2D eigenvalue weighted by atomic mass is 10.1. The molecule has 0 bridgehead atoms. The minimum atomic E-state index is -0.0407. The maximum absolute atomic E-state index is 12.4. The highest BCUT2D eigenvalue weighted by molar-refractivity contribution is 14.0. The van der Waals surface area contributed by atoms with Crippen LogP contribution in [0.15, 0.2) is 52.1 Å². The zero-order valence-corrected chi connectivity index (χ0v) is 18.9. The summed E-state index contributed by atoms with van der Waals surface area (Å²) in [5.41, 5.74) is 2.59. The third-order valence-electron chi connectivity index (χ3n) is 4.68. The first-order chi connectivity index (χ1) is 13.2. The van der Waals surface area contributed by atoms with Crippen molar-refractivity contribution in [2.75, 3.05) is 39.3 Å². The second-order valence-electron chi connectivity index (χ2n) is 6.73. The third-order valence-corrected chi connectivity index (χ3v) is 4.68. The molecule has 152 valence electrons. The Balaban J connectivity index is 0.00000280. The second kappa shape index (κ2) is 11.1. The van der Waals surface area contributed by atoms with Crippen LogP contribution >= 0.6 is 24.0 Å². The quantitative estimate of drug-likeness (QED) is 0.393. The minimum Gasteiger partial charge on any atom is -0.459 e. The number of nitrogens with zero attached hydrogens (tertiary/aromatic N) is 3. The van der Waals surface area contributed by atoms with Crippen molar-refractivity contribution in [3.05, 3.63) is 59.5 Å². The molecule has 0 unspecified atom stereocenters. The van der Waals surface area contributed by atoms with Crippen molar-refractivity contribution >= 4 is 35.8 Å². The van der Waals surface area contributed by atoms with Crippen LogP contribution in [-0.2, 0) is 6.42 Å². The van der Waals surface area contributed by atoms with E-state index in [4.69, 9.17) is 9.41 Å². The molecular formula is C21H29IN4O2. The topological polar surface area (TPSA) is 61.1 Å². The molecular weight excluding hydrogens is 467 g/mol. The molecule has 1 aliphatic rings. The monoisotopic (exact) mass is 496 g/mol. The summed E-state index contributed by atoms with van der Waals surface area (Å²) >= 11 is 0. The minimum absolute atomic E-state index is 0. The Morgan fingerprint density at radius 3 is 2.54 bits per heavy atom. The normalized spacial score (nSPS) is 14.6. The number of aryl methyl sites for hydroxylation is 1. The first-order valence-electron chi connectivity index (χ1n) is 9.59. The highest BCUT2D eigenvalue weighted by Gasteiger charge is 2.25. The molecule has 1 aliphatic heterocycles. The number of guanidine groups is 1. The van der Waals surface area contributed by atoms with Gasteiger partial charge in [0.25, 0.3) is 5.91 Å². The van der Waals surface area contributed by atoms with Crippen molar-refractivity contribution in [2.24, 2.45) is 4.99 Å². The summed E-state index contributed by atoms with van der Waals surface area (Å²) in [7, 11) is 0. The number of rotatable bonds is 5. The predicted octanol–water partition coefficient (Wildman–Crippen LogP) is 3.17. The number of aliphatic imine (C=N–C) groups is 1. The van der Waals surface area contributed by atoms with Crippen LogP contribution < -0.4 is 5.32 Å². The molecule has 1 amide bonds. The molecule has 1 aromatic carbocycles. The highest BCUT2D eigenvalue weighted by atomic mass is 127. The van der Waals surface area contributed by atoms with Gasteiger partial charge >= 0.3 is 0 Å². The lowest BCUT2D eigenvalue weighted by molar-refractivity contribution is 0.0657. The summed E-state index contributed by atoms with van der Waals surface area (Å²) in [4.78, 5) is 21.2. The molecule has 6 nitrogen and oxygen atoms in total. The third kappa shape index (κ3) is 5.98. The van der Waals surface area contributed by atoms with Crippen LogP contribution in [0.5, 0.6) is 0 Å². The van der Waals surface area contributed by atoms with E-state index < -0.39 is 0 Å². The number of carbonyl (C=O) groups excluding carboxylic acids is 1. The Morgan fingerprint density at radius 2 is 1.89 bits per heavy atom. The number of piperazine rings is 1. The van der Waals surface area contributed by atoms with Gasteiger partial charge in [0.1, 0.15) is 0 Å². The maximum Gasteiger partial charge on any atom is 0.289 e. The fraction of sp³-hybridized carbons (Fsp3) is 0.429. The van der Waals surface area contributed by atoms with Crippen molar-refractivity contribution in [1.82, 2.24) is 15.1 Å². The Labute approximate surface area is 184 Å². The van der Waals surface area contributed by atoms with Gasteiger partial charge in [-0.2, -0.15) is 0 Å². The fourth-order valence-electron chi connectivity index (χ4n) is 3.26. The van der Waals surface area contributed by atoms with Gasteiger partial charge in [0.2, 0.25) is 0 Å². The largest absolute Gasteiger partial charge is 0.459 e. The number of furan rings is 1. The van der Waals surface area contributed by atoms with Gasteiger partial charge in [-0.3, -0.25) is 9.79 Å². The number of hydrogen-bond acceptors (Lipinski definition) is 3. The van der Waals surface area contributed by atoms with E-state index in [-0.39, 0.29) is 29.9 Å². The summed E-state index contributed by atoms with van der Waals surface area (Å²) in [5, 5.41) is 3.38. The molecule has 0 spiro atoms. The van der Waals surface area contributed by atoms with E-state index in [0.717, 1.165) is 38.6 Å². The molecule has 1 aromatic heterocycles. The molecule has 1 N–H and O–H groups in total. The van der Waals surface area contributed by atoms with Crippen molar-refractivity contribution in [2.45, 2.75) is 20.3 Å². The second-order valence-corrected chi connectivity index (χ2v) is 6.73. The Kier molecular flexibility index (Phi) is 8.82. The van der Waals surface area contributed by atoms with Gasteiger partial charge in [-0.05, 0) is 38.0 Å². The highest BCUT2D eigenvalue weighted by Crippen LogP contribution is 2.10. The lowest BCUT2D eigenvalue weighted by Gasteiger charge is -2.36.